The van der Waals surface area contributed by atoms with Crippen LogP contribution in [0.15, 0.2) is 6.33 Å². The molecule has 4 heterocycles. The zero-order chi connectivity index (χ0) is 25.5. The third-order valence-corrected chi connectivity index (χ3v) is 7.24. The van der Waals surface area contributed by atoms with Gasteiger partial charge in [0.15, 0.2) is 23.1 Å². The molecule has 0 aromatic carbocycles. The topological polar surface area (TPSA) is 162 Å². The van der Waals surface area contributed by atoms with Gasteiger partial charge in [-0.05, 0) is 26.7 Å². The molecule has 6 atom stereocenters. The van der Waals surface area contributed by atoms with Crippen LogP contribution in [0.2, 0.25) is 0 Å². The van der Waals surface area contributed by atoms with Gasteiger partial charge in [-0.1, -0.05) is 13.8 Å². The van der Waals surface area contributed by atoms with Crippen LogP contribution in [0, 0.1) is 5.92 Å². The van der Waals surface area contributed by atoms with E-state index >= 15 is 4.39 Å². The van der Waals surface area contributed by atoms with Crippen LogP contribution < -0.4 is 15.6 Å². The minimum absolute atomic E-state index is 0.0784. The second-order valence-corrected chi connectivity index (χ2v) is 10.7. The van der Waals surface area contributed by atoms with Crippen LogP contribution in [0.4, 0.5) is 10.3 Å². The fourth-order valence-corrected chi connectivity index (χ4v) is 5.67. The summed E-state index contributed by atoms with van der Waals surface area (Å²) in [5.74, 6) is -0.407. The van der Waals surface area contributed by atoms with Gasteiger partial charge >= 0.3 is 13.7 Å². The van der Waals surface area contributed by atoms with Crippen LogP contribution in [0.3, 0.4) is 0 Å². The summed E-state index contributed by atoms with van der Waals surface area (Å²) in [5.41, 5.74) is 4.11. The molecule has 3 N–H and O–H groups in total. The van der Waals surface area contributed by atoms with Crippen LogP contribution in [0.25, 0.3) is 11.2 Å². The molecule has 2 aromatic heterocycles. The summed E-state index contributed by atoms with van der Waals surface area (Å²) in [6.45, 7) is 8.57. The highest BCUT2D eigenvalue weighted by molar-refractivity contribution is 7.51. The number of fused-ring (bicyclic) bond motifs is 2. The molecule has 13 nitrogen and oxygen atoms in total. The minimum atomic E-state index is -4.06. The van der Waals surface area contributed by atoms with Crippen molar-refractivity contribution in [3.8, 4) is 5.88 Å². The summed E-state index contributed by atoms with van der Waals surface area (Å²) in [5, 5.41) is 2.52. The maximum atomic E-state index is 16.2. The molecule has 194 valence electrons. The molecule has 0 saturated carbocycles. The van der Waals surface area contributed by atoms with Gasteiger partial charge in [-0.15, -0.1) is 0 Å². The number of alkyl halides is 1. The standard InChI is InChI=1S/C20H30FN6O7P/c1-6-30-16-13-15(24-19(22)25-16)27(9-23-13)18-20(5,21)14-12(33-18)8-32-35(29,34-14)26-11(4)17(28)31-7-10(2)3/h9-12,14,18H,6-8H2,1-5H3,(H,26,29)(H2,22,24,25)/t11-,12+,14+,18+,20+,35?/m0/s1. The van der Waals surface area contributed by atoms with E-state index in [0.29, 0.717) is 6.61 Å². The van der Waals surface area contributed by atoms with Gasteiger partial charge in [-0.3, -0.25) is 18.4 Å². The number of halogens is 1. The van der Waals surface area contributed by atoms with Crippen molar-refractivity contribution < 1.29 is 37.0 Å². The Morgan fingerprint density at radius 2 is 2.17 bits per heavy atom. The summed E-state index contributed by atoms with van der Waals surface area (Å²) in [6.07, 6.45) is -2.08. The molecule has 0 radical (unpaired) electrons. The summed E-state index contributed by atoms with van der Waals surface area (Å²) < 4.78 is 58.3. The van der Waals surface area contributed by atoms with Crippen molar-refractivity contribution in [3.63, 3.8) is 0 Å². The highest BCUT2D eigenvalue weighted by Gasteiger charge is 2.61. The molecule has 0 spiro atoms. The van der Waals surface area contributed by atoms with Gasteiger partial charge in [0, 0.05) is 0 Å². The average molecular weight is 516 g/mol. The van der Waals surface area contributed by atoms with E-state index in [1.165, 1.54) is 24.7 Å². The molecular weight excluding hydrogens is 486 g/mol. The molecular formula is C20H30FN6O7P. The van der Waals surface area contributed by atoms with Crippen LogP contribution in [0.1, 0.15) is 40.8 Å². The van der Waals surface area contributed by atoms with E-state index < -0.39 is 43.9 Å². The number of nitrogen functional groups attached to an aromatic ring is 1. The molecule has 2 fully saturated rings. The van der Waals surface area contributed by atoms with Crippen molar-refractivity contribution in [2.75, 3.05) is 25.6 Å². The Morgan fingerprint density at radius 1 is 1.43 bits per heavy atom. The first-order valence-electron chi connectivity index (χ1n) is 11.3. The number of anilines is 1. The van der Waals surface area contributed by atoms with Gasteiger partial charge in [-0.2, -0.15) is 9.97 Å². The number of nitrogens with one attached hydrogen (secondary N) is 1. The normalized spacial score (nSPS) is 31.5. The molecule has 0 bridgehead atoms. The van der Waals surface area contributed by atoms with Gasteiger partial charge in [0.25, 0.3) is 0 Å². The second kappa shape index (κ2) is 9.58. The Morgan fingerprint density at radius 3 is 2.86 bits per heavy atom. The highest BCUT2D eigenvalue weighted by Crippen LogP contribution is 2.57. The lowest BCUT2D eigenvalue weighted by atomic mass is 9.98. The predicted octanol–water partition coefficient (Wildman–Crippen LogP) is 2.13. The molecule has 4 rings (SSSR count). The van der Waals surface area contributed by atoms with E-state index in [1.54, 1.807) is 6.92 Å². The number of nitrogens with two attached hydrogens (primary N) is 1. The Kier molecular flexibility index (Phi) is 7.04. The van der Waals surface area contributed by atoms with Gasteiger partial charge in [0.1, 0.15) is 18.2 Å². The van der Waals surface area contributed by atoms with Crippen LogP contribution >= 0.6 is 7.75 Å². The maximum Gasteiger partial charge on any atom is 0.406 e. The summed E-state index contributed by atoms with van der Waals surface area (Å²) >= 11 is 0. The lowest BCUT2D eigenvalue weighted by molar-refractivity contribution is -0.146. The number of hydrogen-bond acceptors (Lipinski definition) is 11. The molecule has 35 heavy (non-hydrogen) atoms. The number of imidazole rings is 1. The molecule has 2 aliphatic rings. The molecule has 2 saturated heterocycles. The van der Waals surface area contributed by atoms with Gasteiger partial charge in [0.05, 0.1) is 26.1 Å². The quantitative estimate of drug-likeness (QED) is 0.389. The van der Waals surface area contributed by atoms with Gasteiger partial charge in [0.2, 0.25) is 11.8 Å². The van der Waals surface area contributed by atoms with Crippen molar-refractivity contribution in [1.82, 2.24) is 24.6 Å². The maximum absolute atomic E-state index is 16.2. The lowest BCUT2D eigenvalue weighted by Gasteiger charge is -2.35. The number of esters is 1. The number of hydrogen-bond donors (Lipinski definition) is 2. The molecule has 2 aliphatic heterocycles. The number of aromatic nitrogens is 4. The zero-order valence-corrected chi connectivity index (χ0v) is 21.0. The highest BCUT2D eigenvalue weighted by atomic mass is 31.2. The van der Waals surface area contributed by atoms with Gasteiger partial charge < -0.3 is 19.9 Å². The third-order valence-electron chi connectivity index (χ3n) is 5.55. The van der Waals surface area contributed by atoms with Crippen LogP contribution in [0.5, 0.6) is 5.88 Å². The van der Waals surface area contributed by atoms with Crippen molar-refractivity contribution in [2.45, 2.75) is 64.8 Å². The number of rotatable bonds is 8. The number of nitrogens with zero attached hydrogens (tertiary/aromatic N) is 4. The Labute approximate surface area is 201 Å². The first-order chi connectivity index (χ1) is 16.4. The Hall–Kier alpha value is -2.38. The Balaban J connectivity index is 1.55. The van der Waals surface area contributed by atoms with E-state index in [0.717, 1.165) is 0 Å². The van der Waals surface area contributed by atoms with E-state index in [9.17, 15) is 9.36 Å². The first-order valence-corrected chi connectivity index (χ1v) is 12.8. The van der Waals surface area contributed by atoms with Crippen molar-refractivity contribution in [3.05, 3.63) is 6.33 Å². The van der Waals surface area contributed by atoms with Crippen LogP contribution in [-0.4, -0.2) is 69.2 Å². The Bertz CT molecular complexity index is 1140. The van der Waals surface area contributed by atoms with Crippen molar-refractivity contribution >= 4 is 30.8 Å². The summed E-state index contributed by atoms with van der Waals surface area (Å²) in [6, 6.07) is -1.01. The monoisotopic (exact) mass is 516 g/mol. The second-order valence-electron chi connectivity index (χ2n) is 9.02. The first kappa shape index (κ1) is 25.7. The predicted molar refractivity (Wildman–Crippen MR) is 121 cm³/mol. The van der Waals surface area contributed by atoms with Crippen molar-refractivity contribution in [1.29, 1.82) is 0 Å². The van der Waals surface area contributed by atoms with E-state index in [-0.39, 0.29) is 42.1 Å². The summed E-state index contributed by atoms with van der Waals surface area (Å²) in [7, 11) is -4.06. The SMILES string of the molecule is CCOc1nc(N)nc2c1ncn2[C@@H]1O[C@@H]2COP(=O)(N[C@@H](C)C(=O)OCC(C)C)O[C@H]2[C@@]1(C)F. The average Bonchev–Trinajstić information content (AvgIpc) is 3.30. The van der Waals surface area contributed by atoms with E-state index in [1.807, 2.05) is 13.8 Å². The fourth-order valence-electron chi connectivity index (χ4n) is 3.91. The lowest BCUT2D eigenvalue weighted by Crippen LogP contribution is -2.47. The minimum Gasteiger partial charge on any atom is -0.476 e. The molecule has 1 unspecified atom stereocenters. The third kappa shape index (κ3) is 4.98. The van der Waals surface area contributed by atoms with E-state index in [2.05, 4.69) is 20.0 Å². The fraction of sp³-hybridized carbons (Fsp3) is 0.700. The van der Waals surface area contributed by atoms with E-state index in [4.69, 9.17) is 29.0 Å². The summed E-state index contributed by atoms with van der Waals surface area (Å²) in [4.78, 5) is 24.6. The number of carbonyl (C=O) groups excluding carboxylic acids is 1. The smallest absolute Gasteiger partial charge is 0.406 e. The number of ether oxygens (including phenoxy) is 3. The molecule has 2 aromatic rings. The number of carbonyl (C=O) groups is 1. The largest absolute Gasteiger partial charge is 0.476 e. The van der Waals surface area contributed by atoms with Crippen molar-refractivity contribution in [2.24, 2.45) is 5.92 Å². The molecule has 0 amide bonds. The van der Waals surface area contributed by atoms with Gasteiger partial charge in [-0.25, -0.2) is 19.0 Å². The molecule has 15 heteroatoms. The van der Waals surface area contributed by atoms with Crippen LogP contribution in [-0.2, 0) is 27.9 Å². The molecule has 0 aliphatic carbocycles. The zero-order valence-electron chi connectivity index (χ0n) is 20.1.